The first kappa shape index (κ1) is 21.5. The van der Waals surface area contributed by atoms with Crippen LogP contribution in [0.2, 0.25) is 5.02 Å². The van der Waals surface area contributed by atoms with Crippen LogP contribution in [-0.4, -0.2) is 29.5 Å². The highest BCUT2D eigenvalue weighted by Crippen LogP contribution is 2.35. The van der Waals surface area contributed by atoms with E-state index in [1.165, 1.54) is 24.4 Å². The second-order valence-electron chi connectivity index (χ2n) is 5.55. The van der Waals surface area contributed by atoms with Crippen molar-refractivity contribution in [2.45, 2.75) is 25.9 Å². The van der Waals surface area contributed by atoms with E-state index >= 15 is 0 Å². The van der Waals surface area contributed by atoms with Crippen molar-refractivity contribution in [2.24, 2.45) is 0 Å². The summed E-state index contributed by atoms with van der Waals surface area (Å²) in [5.41, 5.74) is 0.110. The molecule has 6 nitrogen and oxygen atoms in total. The molecule has 0 aliphatic rings. The van der Waals surface area contributed by atoms with Crippen LogP contribution in [-0.2, 0) is 9.59 Å². The van der Waals surface area contributed by atoms with Crippen molar-refractivity contribution in [2.75, 3.05) is 11.9 Å². The number of carbonyl (C=O) groups is 2. The van der Waals surface area contributed by atoms with E-state index < -0.39 is 24.3 Å². The molecule has 1 aromatic carbocycles. The van der Waals surface area contributed by atoms with Crippen LogP contribution in [0.1, 0.15) is 19.8 Å². The second kappa shape index (κ2) is 9.41. The number of nitrogens with zero attached hydrogens (tertiary/aromatic N) is 1. The third-order valence-electron chi connectivity index (χ3n) is 3.25. The van der Waals surface area contributed by atoms with Gasteiger partial charge in [-0.25, -0.2) is 4.98 Å². The lowest BCUT2D eigenvalue weighted by Crippen LogP contribution is -2.27. The van der Waals surface area contributed by atoms with Crippen molar-refractivity contribution in [1.82, 2.24) is 4.98 Å². The standard InChI is InChI=1S/C18H16ClF3N2O4/c1-2-8-27-17-13(4-3-7-23-17)28-14-9-11(5-6-12(14)19)24-16(26)10-15(25)18(20,21)22/h3-7,9H,2,8,10H2,1H3,(H,24,26). The number of hydrogen-bond acceptors (Lipinski definition) is 5. The van der Waals surface area contributed by atoms with Gasteiger partial charge < -0.3 is 14.8 Å². The van der Waals surface area contributed by atoms with E-state index in [9.17, 15) is 22.8 Å². The molecule has 1 N–H and O–H groups in total. The molecule has 0 bridgehead atoms. The third kappa shape index (κ3) is 6.12. The van der Waals surface area contributed by atoms with Crippen LogP contribution in [0.3, 0.4) is 0 Å². The fourth-order valence-corrected chi connectivity index (χ4v) is 2.15. The van der Waals surface area contributed by atoms with Gasteiger partial charge in [-0.3, -0.25) is 9.59 Å². The van der Waals surface area contributed by atoms with Crippen LogP contribution in [0.25, 0.3) is 0 Å². The minimum Gasteiger partial charge on any atom is -0.475 e. The molecule has 0 aliphatic carbocycles. The molecule has 10 heteroatoms. The van der Waals surface area contributed by atoms with Gasteiger partial charge in [0.2, 0.25) is 11.7 Å². The van der Waals surface area contributed by atoms with Crippen LogP contribution in [0.5, 0.6) is 17.4 Å². The molecular formula is C18H16ClF3N2O4. The summed E-state index contributed by atoms with van der Waals surface area (Å²) in [4.78, 5) is 26.6. The summed E-state index contributed by atoms with van der Waals surface area (Å²) in [5.74, 6) is -2.61. The zero-order chi connectivity index (χ0) is 20.7. The Morgan fingerprint density at radius 1 is 1.21 bits per heavy atom. The Kier molecular flexibility index (Phi) is 7.22. The number of carbonyl (C=O) groups excluding carboxylic acids is 2. The fraction of sp³-hybridized carbons (Fsp3) is 0.278. The SMILES string of the molecule is CCCOc1ncccc1Oc1cc(NC(=O)CC(=O)C(F)(F)F)ccc1Cl. The van der Waals surface area contributed by atoms with Gasteiger partial charge in [-0.05, 0) is 30.7 Å². The summed E-state index contributed by atoms with van der Waals surface area (Å²) < 4.78 is 47.9. The molecule has 2 rings (SSSR count). The van der Waals surface area contributed by atoms with E-state index in [1.54, 1.807) is 12.1 Å². The van der Waals surface area contributed by atoms with Crippen molar-refractivity contribution in [3.63, 3.8) is 0 Å². The van der Waals surface area contributed by atoms with Gasteiger partial charge in [0.25, 0.3) is 5.88 Å². The fourth-order valence-electron chi connectivity index (χ4n) is 1.99. The Hall–Kier alpha value is -2.81. The van der Waals surface area contributed by atoms with Gasteiger partial charge in [0.15, 0.2) is 5.75 Å². The molecule has 2 aromatic rings. The maximum atomic E-state index is 12.2. The highest BCUT2D eigenvalue weighted by atomic mass is 35.5. The van der Waals surface area contributed by atoms with Gasteiger partial charge in [-0.2, -0.15) is 13.2 Å². The minimum absolute atomic E-state index is 0.110. The first-order valence-electron chi connectivity index (χ1n) is 8.15. The molecule has 150 valence electrons. The van der Waals surface area contributed by atoms with Gasteiger partial charge in [0.1, 0.15) is 5.75 Å². The van der Waals surface area contributed by atoms with Crippen LogP contribution in [0.15, 0.2) is 36.5 Å². The first-order valence-corrected chi connectivity index (χ1v) is 8.53. The summed E-state index contributed by atoms with van der Waals surface area (Å²) >= 11 is 6.08. The molecule has 1 aromatic heterocycles. The van der Waals surface area contributed by atoms with E-state index in [1.807, 2.05) is 6.92 Å². The lowest BCUT2D eigenvalue weighted by Gasteiger charge is -2.13. The maximum absolute atomic E-state index is 12.2. The normalized spacial score (nSPS) is 11.0. The van der Waals surface area contributed by atoms with Crippen molar-refractivity contribution in [3.8, 4) is 17.4 Å². The summed E-state index contributed by atoms with van der Waals surface area (Å²) in [7, 11) is 0. The van der Waals surface area contributed by atoms with Crippen molar-refractivity contribution in [3.05, 3.63) is 41.6 Å². The lowest BCUT2D eigenvalue weighted by molar-refractivity contribution is -0.171. The number of Topliss-reactive ketones (excluding diaryl/α,β-unsaturated/α-hetero) is 1. The van der Waals surface area contributed by atoms with Crippen molar-refractivity contribution >= 4 is 29.0 Å². The molecule has 0 saturated heterocycles. The average Bonchev–Trinajstić information content (AvgIpc) is 2.63. The number of ether oxygens (including phenoxy) is 2. The second-order valence-corrected chi connectivity index (χ2v) is 5.96. The Balaban J connectivity index is 2.14. The van der Waals surface area contributed by atoms with Crippen LogP contribution < -0.4 is 14.8 Å². The van der Waals surface area contributed by atoms with Gasteiger partial charge in [-0.1, -0.05) is 18.5 Å². The molecular weight excluding hydrogens is 401 g/mol. The van der Waals surface area contributed by atoms with Gasteiger partial charge in [0, 0.05) is 18.0 Å². The highest BCUT2D eigenvalue weighted by molar-refractivity contribution is 6.32. The smallest absolute Gasteiger partial charge is 0.450 e. The third-order valence-corrected chi connectivity index (χ3v) is 3.56. The molecule has 0 fully saturated rings. The molecule has 1 heterocycles. The van der Waals surface area contributed by atoms with E-state index in [0.29, 0.717) is 6.61 Å². The Labute approximate surface area is 163 Å². The molecule has 0 aliphatic heterocycles. The van der Waals surface area contributed by atoms with E-state index in [0.717, 1.165) is 6.42 Å². The largest absolute Gasteiger partial charge is 0.475 e. The molecule has 0 saturated carbocycles. The van der Waals surface area contributed by atoms with Gasteiger partial charge in [-0.15, -0.1) is 0 Å². The summed E-state index contributed by atoms with van der Waals surface area (Å²) in [6.45, 7) is 2.35. The Morgan fingerprint density at radius 3 is 2.64 bits per heavy atom. The van der Waals surface area contributed by atoms with Crippen LogP contribution in [0, 0.1) is 0 Å². The minimum atomic E-state index is -5.07. The number of hydrogen-bond donors (Lipinski definition) is 1. The highest BCUT2D eigenvalue weighted by Gasteiger charge is 2.39. The van der Waals surface area contributed by atoms with E-state index in [4.69, 9.17) is 21.1 Å². The zero-order valence-electron chi connectivity index (χ0n) is 14.7. The Bertz CT molecular complexity index is 859. The average molecular weight is 417 g/mol. The number of anilines is 1. The number of pyridine rings is 1. The van der Waals surface area contributed by atoms with Crippen LogP contribution >= 0.6 is 11.6 Å². The van der Waals surface area contributed by atoms with Crippen molar-refractivity contribution in [1.29, 1.82) is 0 Å². The number of aromatic nitrogens is 1. The molecule has 0 atom stereocenters. The summed E-state index contributed by atoms with van der Waals surface area (Å²) in [6.07, 6.45) is -4.11. The van der Waals surface area contributed by atoms with E-state index in [-0.39, 0.29) is 28.1 Å². The number of ketones is 1. The van der Waals surface area contributed by atoms with Crippen molar-refractivity contribution < 1.29 is 32.2 Å². The molecule has 0 unspecified atom stereocenters. The number of nitrogens with one attached hydrogen (secondary N) is 1. The molecule has 28 heavy (non-hydrogen) atoms. The van der Waals surface area contributed by atoms with Gasteiger partial charge in [0.05, 0.1) is 18.1 Å². The predicted molar refractivity (Wildman–Crippen MR) is 95.9 cm³/mol. The van der Waals surface area contributed by atoms with Crippen LogP contribution in [0.4, 0.5) is 18.9 Å². The Morgan fingerprint density at radius 2 is 1.96 bits per heavy atom. The molecule has 1 amide bonds. The first-order chi connectivity index (χ1) is 13.2. The summed E-state index contributed by atoms with van der Waals surface area (Å²) in [6, 6.07) is 7.29. The maximum Gasteiger partial charge on any atom is 0.450 e. The summed E-state index contributed by atoms with van der Waals surface area (Å²) in [5, 5.41) is 2.39. The predicted octanol–water partition coefficient (Wildman–Crippen LogP) is 4.78. The topological polar surface area (TPSA) is 77.5 Å². The number of alkyl halides is 3. The van der Waals surface area contributed by atoms with Gasteiger partial charge >= 0.3 is 6.18 Å². The monoisotopic (exact) mass is 416 g/mol. The molecule has 0 radical (unpaired) electrons. The zero-order valence-corrected chi connectivity index (χ0v) is 15.4. The molecule has 0 spiro atoms. The quantitative estimate of drug-likeness (QED) is 0.627. The number of benzene rings is 1. The van der Waals surface area contributed by atoms with E-state index in [2.05, 4.69) is 10.3 Å². The number of amides is 1. The number of rotatable bonds is 8. The number of halogens is 4. The lowest BCUT2D eigenvalue weighted by atomic mass is 10.2.